The predicted octanol–water partition coefficient (Wildman–Crippen LogP) is 21.7. The molecule has 2 aliphatic carbocycles. The predicted molar refractivity (Wildman–Crippen MR) is 372 cm³/mol. The van der Waals surface area contributed by atoms with E-state index >= 15 is 0 Å². The number of fused-ring (bicyclic) bond motifs is 8. The normalized spacial score (nSPS) is 12.2. The second kappa shape index (κ2) is 18.7. The first kappa shape index (κ1) is 49.0. The fourth-order valence-electron chi connectivity index (χ4n) is 15.2. The van der Waals surface area contributed by atoms with Crippen molar-refractivity contribution >= 4 is 87.1 Å². The van der Waals surface area contributed by atoms with Crippen molar-refractivity contribution < 1.29 is 0 Å². The maximum absolute atomic E-state index is 5.76. The molecule has 0 saturated carbocycles. The summed E-state index contributed by atoms with van der Waals surface area (Å²) in [6.07, 6.45) is 0. The first-order chi connectivity index (χ1) is 44.6. The van der Waals surface area contributed by atoms with Crippen molar-refractivity contribution in [2.24, 2.45) is 0 Å². The molecular formula is C84H48N6. The zero-order valence-corrected chi connectivity index (χ0v) is 48.4. The lowest BCUT2D eigenvalue weighted by Gasteiger charge is -2.18. The average molecular weight is 1140 g/mol. The molecule has 0 unspecified atom stereocenters. The van der Waals surface area contributed by atoms with Crippen molar-refractivity contribution in [3.05, 3.63) is 291 Å². The van der Waals surface area contributed by atoms with Crippen LogP contribution >= 0.6 is 0 Å². The molecular weight excluding hydrogens is 1090 g/mol. The Hall–Kier alpha value is -12.1. The Kier molecular flexibility index (Phi) is 10.2. The van der Waals surface area contributed by atoms with Crippen LogP contribution in [-0.4, -0.2) is 29.1 Å². The Labute approximate surface area is 516 Å². The van der Waals surface area contributed by atoms with Crippen LogP contribution in [-0.2, 0) is 0 Å². The molecule has 0 bridgehead atoms. The van der Waals surface area contributed by atoms with Crippen molar-refractivity contribution in [3.8, 4) is 112 Å². The standard InChI is InChI=1S/C84H48N6/c1-5-19-49(20-6-1)57-46-66-61-39-35-55(43-64(61)63-32-18-28-52-37-41-71-79(76(52)63)77(66)73(47-57)89(71)83-82(54-25-11-4-12-26-54)85-69-33-15-16-34-70(69)86-83)56-36-40-68-67(44-56)81(53-23-9-3-10-24-53)88-84(87-68)90-72-42-38-51-27-17-31-62-59-29-13-14-30-60(59)65-45-58(50-21-7-2-8-22-50)48-74(90)78(65)80(72)75(51)62/h1-48H. The Morgan fingerprint density at radius 2 is 0.678 bits per heavy atom. The minimum atomic E-state index is 0.629. The minimum absolute atomic E-state index is 0.629. The van der Waals surface area contributed by atoms with Gasteiger partial charge in [-0.2, -0.15) is 0 Å². The van der Waals surface area contributed by atoms with E-state index in [1.807, 2.05) is 12.1 Å². The largest absolute Gasteiger partial charge is 0.292 e. The molecule has 6 nitrogen and oxygen atoms in total. The van der Waals surface area contributed by atoms with E-state index in [1.54, 1.807) is 0 Å². The summed E-state index contributed by atoms with van der Waals surface area (Å²) >= 11 is 0. The summed E-state index contributed by atoms with van der Waals surface area (Å²) in [5, 5.41) is 10.7. The SMILES string of the molecule is c1ccc(-c2cc3c4c5c6c(cccc6ccc5n(-c5nc(-c6ccccc6)c6cc(-c7ccc8c(c7)-c7cccc9ccc%10c(c79)c7c-8cc(-c8ccccc8)cc7n%10-c7nc8ccccc8nc7-c7ccccc7)ccc6n5)c4c2)-c2ccccc2-3)cc1. The highest BCUT2D eigenvalue weighted by Gasteiger charge is 2.30. The van der Waals surface area contributed by atoms with Crippen molar-refractivity contribution in [2.45, 2.75) is 0 Å². The van der Waals surface area contributed by atoms with E-state index in [0.29, 0.717) is 5.95 Å². The molecule has 18 aromatic rings. The summed E-state index contributed by atoms with van der Waals surface area (Å²) in [5.41, 5.74) is 27.0. The van der Waals surface area contributed by atoms with E-state index in [9.17, 15) is 0 Å². The molecule has 0 amide bonds. The number of rotatable bonds is 7. The Balaban J connectivity index is 0.815. The highest BCUT2D eigenvalue weighted by atomic mass is 15.2. The van der Waals surface area contributed by atoms with Crippen molar-refractivity contribution in [1.29, 1.82) is 0 Å². The van der Waals surface area contributed by atoms with Gasteiger partial charge in [0.15, 0.2) is 5.82 Å². The summed E-state index contributed by atoms with van der Waals surface area (Å²) in [4.78, 5) is 22.4. The number of benzene rings is 14. The van der Waals surface area contributed by atoms with Gasteiger partial charge in [-0.1, -0.05) is 224 Å². The third kappa shape index (κ3) is 7.04. The number of aromatic nitrogens is 6. The van der Waals surface area contributed by atoms with E-state index in [2.05, 4.69) is 288 Å². The van der Waals surface area contributed by atoms with E-state index in [1.165, 1.54) is 87.6 Å². The van der Waals surface area contributed by atoms with E-state index in [-0.39, 0.29) is 0 Å². The maximum atomic E-state index is 5.76. The lowest BCUT2D eigenvalue weighted by Crippen LogP contribution is -2.04. The van der Waals surface area contributed by atoms with E-state index in [0.717, 1.165) is 106 Å². The van der Waals surface area contributed by atoms with Crippen LogP contribution < -0.4 is 0 Å². The zero-order chi connectivity index (χ0) is 58.7. The van der Waals surface area contributed by atoms with Gasteiger partial charge in [-0.25, -0.2) is 19.9 Å². The molecule has 2 aliphatic rings. The monoisotopic (exact) mass is 1140 g/mol. The molecule has 0 saturated heterocycles. The molecule has 4 aromatic heterocycles. The van der Waals surface area contributed by atoms with Crippen LogP contribution in [0.2, 0.25) is 0 Å². The molecule has 0 radical (unpaired) electrons. The molecule has 0 fully saturated rings. The molecule has 0 N–H and O–H groups in total. The Morgan fingerprint density at radius 3 is 1.30 bits per heavy atom. The number of hydrogen-bond acceptors (Lipinski definition) is 4. The molecule has 0 aliphatic heterocycles. The molecule has 90 heavy (non-hydrogen) atoms. The van der Waals surface area contributed by atoms with Crippen molar-refractivity contribution in [3.63, 3.8) is 0 Å². The number of nitrogens with zero attached hydrogens (tertiary/aromatic N) is 6. The molecule has 6 heteroatoms. The van der Waals surface area contributed by atoms with Crippen molar-refractivity contribution in [1.82, 2.24) is 29.1 Å². The van der Waals surface area contributed by atoms with Gasteiger partial charge in [0.1, 0.15) is 5.69 Å². The average Bonchev–Trinajstić information content (AvgIpc) is 1.56. The van der Waals surface area contributed by atoms with Gasteiger partial charge >= 0.3 is 0 Å². The van der Waals surface area contributed by atoms with Gasteiger partial charge in [0.2, 0.25) is 5.95 Å². The highest BCUT2D eigenvalue weighted by molar-refractivity contribution is 6.32. The van der Waals surface area contributed by atoms with Crippen LogP contribution in [0.5, 0.6) is 0 Å². The Morgan fingerprint density at radius 1 is 0.211 bits per heavy atom. The van der Waals surface area contributed by atoms with Gasteiger partial charge in [-0.3, -0.25) is 9.13 Å². The smallest absolute Gasteiger partial charge is 0.235 e. The molecule has 20 rings (SSSR count). The third-order valence-electron chi connectivity index (χ3n) is 19.1. The maximum Gasteiger partial charge on any atom is 0.235 e. The van der Waals surface area contributed by atoms with E-state index < -0.39 is 0 Å². The fourth-order valence-corrected chi connectivity index (χ4v) is 15.2. The minimum Gasteiger partial charge on any atom is -0.292 e. The topological polar surface area (TPSA) is 61.4 Å². The summed E-state index contributed by atoms with van der Waals surface area (Å²) in [6, 6.07) is 106. The second-order valence-corrected chi connectivity index (χ2v) is 24.0. The van der Waals surface area contributed by atoms with Gasteiger partial charge in [0.05, 0.1) is 44.3 Å². The van der Waals surface area contributed by atoms with Crippen LogP contribution in [0.3, 0.4) is 0 Å². The lowest BCUT2D eigenvalue weighted by atomic mass is 9.89. The molecule has 0 spiro atoms. The molecule has 414 valence electrons. The van der Waals surface area contributed by atoms with Gasteiger partial charge in [-0.15, -0.1) is 0 Å². The van der Waals surface area contributed by atoms with Gasteiger partial charge in [0, 0.05) is 38.1 Å². The van der Waals surface area contributed by atoms with Gasteiger partial charge in [0.25, 0.3) is 0 Å². The summed E-state index contributed by atoms with van der Waals surface area (Å²) in [5.74, 6) is 1.43. The fraction of sp³-hybridized carbons (Fsp3) is 0. The van der Waals surface area contributed by atoms with Crippen LogP contribution in [0.25, 0.3) is 199 Å². The van der Waals surface area contributed by atoms with E-state index in [4.69, 9.17) is 19.9 Å². The first-order valence-corrected chi connectivity index (χ1v) is 30.8. The summed E-state index contributed by atoms with van der Waals surface area (Å²) in [6.45, 7) is 0. The quantitative estimate of drug-likeness (QED) is 0.160. The first-order valence-electron chi connectivity index (χ1n) is 30.8. The van der Waals surface area contributed by atoms with Gasteiger partial charge < -0.3 is 0 Å². The summed E-state index contributed by atoms with van der Waals surface area (Å²) in [7, 11) is 0. The van der Waals surface area contributed by atoms with Crippen LogP contribution in [0.4, 0.5) is 0 Å². The highest BCUT2D eigenvalue weighted by Crippen LogP contribution is 2.54. The number of hydrogen-bond donors (Lipinski definition) is 0. The molecule has 0 atom stereocenters. The van der Waals surface area contributed by atoms with Crippen molar-refractivity contribution in [2.75, 3.05) is 0 Å². The molecule has 4 heterocycles. The molecule has 14 aromatic carbocycles. The third-order valence-corrected chi connectivity index (χ3v) is 19.1. The summed E-state index contributed by atoms with van der Waals surface area (Å²) < 4.78 is 4.72. The van der Waals surface area contributed by atoms with Crippen LogP contribution in [0.15, 0.2) is 291 Å². The van der Waals surface area contributed by atoms with Crippen LogP contribution in [0.1, 0.15) is 0 Å². The van der Waals surface area contributed by atoms with Gasteiger partial charge in [-0.05, 0) is 166 Å². The Bertz CT molecular complexity index is 6130. The van der Waals surface area contributed by atoms with Crippen LogP contribution in [0, 0.1) is 0 Å². The second-order valence-electron chi connectivity index (χ2n) is 24.0. The number of para-hydroxylation sites is 2. The lowest BCUT2D eigenvalue weighted by molar-refractivity contribution is 1.01. The zero-order valence-electron chi connectivity index (χ0n) is 48.4.